The van der Waals surface area contributed by atoms with Crippen LogP contribution in [0.15, 0.2) is 47.4 Å². The molecule has 1 N–H and O–H groups in total. The fourth-order valence-electron chi connectivity index (χ4n) is 3.03. The summed E-state index contributed by atoms with van der Waals surface area (Å²) in [6.07, 6.45) is 3.63. The Hall–Kier alpha value is -2.21. The second-order valence-electron chi connectivity index (χ2n) is 6.33. The largest absolute Gasteiger partial charge is 0.497 e. The van der Waals surface area contributed by atoms with Crippen molar-refractivity contribution in [3.05, 3.63) is 48.0 Å². The highest BCUT2D eigenvalue weighted by atomic mass is 32.2. The second kappa shape index (κ2) is 7.35. The van der Waals surface area contributed by atoms with E-state index in [-0.39, 0.29) is 4.90 Å². The molecule has 0 unspecified atom stereocenters. The summed E-state index contributed by atoms with van der Waals surface area (Å²) < 4.78 is 33.2. The number of methoxy groups -OCH3 is 1. The molecule has 0 aliphatic carbocycles. The monoisotopic (exact) mass is 360 g/mol. The van der Waals surface area contributed by atoms with Gasteiger partial charge >= 0.3 is 0 Å². The maximum absolute atomic E-state index is 12.7. The van der Waals surface area contributed by atoms with Gasteiger partial charge in [0.25, 0.3) is 10.0 Å². The number of anilines is 2. The maximum Gasteiger partial charge on any atom is 0.261 e. The van der Waals surface area contributed by atoms with E-state index in [1.54, 1.807) is 31.4 Å². The summed E-state index contributed by atoms with van der Waals surface area (Å²) in [6, 6.07) is 12.3. The van der Waals surface area contributed by atoms with E-state index in [2.05, 4.69) is 15.7 Å². The van der Waals surface area contributed by atoms with Crippen LogP contribution in [0.3, 0.4) is 0 Å². The van der Waals surface area contributed by atoms with Crippen LogP contribution in [0.25, 0.3) is 0 Å². The van der Waals surface area contributed by atoms with E-state index in [1.165, 1.54) is 19.3 Å². The van der Waals surface area contributed by atoms with Crippen molar-refractivity contribution in [1.29, 1.82) is 0 Å². The number of benzene rings is 2. The molecule has 1 fully saturated rings. The molecule has 0 amide bonds. The van der Waals surface area contributed by atoms with E-state index in [1.807, 2.05) is 19.1 Å². The van der Waals surface area contributed by atoms with Crippen LogP contribution in [0.2, 0.25) is 0 Å². The summed E-state index contributed by atoms with van der Waals surface area (Å²) in [6.45, 7) is 3.95. The van der Waals surface area contributed by atoms with Crippen molar-refractivity contribution in [3.8, 4) is 5.75 Å². The molecule has 0 saturated carbocycles. The SMILES string of the molecule is COc1ccc(S(=O)(=O)Nc2cc(N3CCCCC3)ccc2C)cc1. The molecule has 0 atom stereocenters. The summed E-state index contributed by atoms with van der Waals surface area (Å²) in [5, 5.41) is 0. The third kappa shape index (κ3) is 4.07. The molecule has 1 heterocycles. The molecule has 1 aliphatic heterocycles. The summed E-state index contributed by atoms with van der Waals surface area (Å²) in [7, 11) is -2.08. The minimum Gasteiger partial charge on any atom is -0.497 e. The summed E-state index contributed by atoms with van der Waals surface area (Å²) in [5.41, 5.74) is 2.59. The number of hydrogen-bond donors (Lipinski definition) is 1. The molecular formula is C19H24N2O3S. The number of ether oxygens (including phenoxy) is 1. The van der Waals surface area contributed by atoms with Crippen molar-refractivity contribution in [2.75, 3.05) is 29.8 Å². The first-order valence-corrected chi connectivity index (χ1v) is 10.0. The van der Waals surface area contributed by atoms with Gasteiger partial charge in [-0.2, -0.15) is 0 Å². The Kier molecular flexibility index (Phi) is 5.18. The summed E-state index contributed by atoms with van der Waals surface area (Å²) in [5.74, 6) is 0.627. The molecule has 5 nitrogen and oxygen atoms in total. The van der Waals surface area contributed by atoms with E-state index < -0.39 is 10.0 Å². The molecule has 0 bridgehead atoms. The molecule has 0 radical (unpaired) electrons. The number of piperidine rings is 1. The van der Waals surface area contributed by atoms with E-state index >= 15 is 0 Å². The number of sulfonamides is 1. The van der Waals surface area contributed by atoms with Gasteiger partial charge < -0.3 is 9.64 Å². The van der Waals surface area contributed by atoms with Crippen LogP contribution in [-0.4, -0.2) is 28.6 Å². The Morgan fingerprint density at radius 3 is 2.32 bits per heavy atom. The molecule has 0 aromatic heterocycles. The van der Waals surface area contributed by atoms with Crippen LogP contribution in [0, 0.1) is 6.92 Å². The van der Waals surface area contributed by atoms with Gasteiger partial charge in [-0.1, -0.05) is 6.07 Å². The minimum atomic E-state index is -3.63. The van der Waals surface area contributed by atoms with Crippen LogP contribution in [0.1, 0.15) is 24.8 Å². The molecule has 1 saturated heterocycles. The van der Waals surface area contributed by atoms with E-state index in [0.717, 1.165) is 24.3 Å². The quantitative estimate of drug-likeness (QED) is 0.881. The van der Waals surface area contributed by atoms with Crippen molar-refractivity contribution in [2.45, 2.75) is 31.1 Å². The van der Waals surface area contributed by atoms with Crippen molar-refractivity contribution in [1.82, 2.24) is 0 Å². The lowest BCUT2D eigenvalue weighted by Gasteiger charge is -2.29. The third-order valence-corrected chi connectivity index (χ3v) is 5.94. The molecule has 6 heteroatoms. The lowest BCUT2D eigenvalue weighted by Crippen LogP contribution is -2.29. The molecular weight excluding hydrogens is 336 g/mol. The molecule has 134 valence electrons. The molecule has 2 aromatic carbocycles. The molecule has 3 rings (SSSR count). The van der Waals surface area contributed by atoms with E-state index in [0.29, 0.717) is 11.4 Å². The zero-order valence-corrected chi connectivity index (χ0v) is 15.5. The average Bonchev–Trinajstić information content (AvgIpc) is 2.64. The van der Waals surface area contributed by atoms with Crippen molar-refractivity contribution in [3.63, 3.8) is 0 Å². The van der Waals surface area contributed by atoms with Crippen LogP contribution < -0.4 is 14.4 Å². The van der Waals surface area contributed by atoms with Gasteiger partial charge in [0.05, 0.1) is 17.7 Å². The highest BCUT2D eigenvalue weighted by molar-refractivity contribution is 7.92. The number of aryl methyl sites for hydroxylation is 1. The van der Waals surface area contributed by atoms with E-state index in [9.17, 15) is 8.42 Å². The fraction of sp³-hybridized carbons (Fsp3) is 0.368. The van der Waals surface area contributed by atoms with Gasteiger partial charge in [0.2, 0.25) is 0 Å². The number of hydrogen-bond acceptors (Lipinski definition) is 4. The van der Waals surface area contributed by atoms with Gasteiger partial charge in [-0.3, -0.25) is 4.72 Å². The highest BCUT2D eigenvalue weighted by Crippen LogP contribution is 2.28. The highest BCUT2D eigenvalue weighted by Gasteiger charge is 2.17. The Balaban J connectivity index is 1.85. The van der Waals surface area contributed by atoms with Gasteiger partial charge in [-0.15, -0.1) is 0 Å². The minimum absolute atomic E-state index is 0.219. The predicted octanol–water partition coefficient (Wildman–Crippen LogP) is 3.79. The molecule has 0 spiro atoms. The number of nitrogens with zero attached hydrogens (tertiary/aromatic N) is 1. The second-order valence-corrected chi connectivity index (χ2v) is 8.01. The average molecular weight is 360 g/mol. The Morgan fingerprint density at radius 2 is 1.68 bits per heavy atom. The normalized spacial score (nSPS) is 15.0. The van der Waals surface area contributed by atoms with Crippen LogP contribution in [0.4, 0.5) is 11.4 Å². The molecule has 2 aromatic rings. The Bertz CT molecular complexity index is 826. The third-order valence-electron chi connectivity index (χ3n) is 4.56. The van der Waals surface area contributed by atoms with Crippen LogP contribution in [-0.2, 0) is 10.0 Å². The Morgan fingerprint density at radius 1 is 1.00 bits per heavy atom. The maximum atomic E-state index is 12.7. The lowest BCUT2D eigenvalue weighted by atomic mass is 10.1. The molecule has 1 aliphatic rings. The smallest absolute Gasteiger partial charge is 0.261 e. The van der Waals surface area contributed by atoms with Gasteiger partial charge in [-0.05, 0) is 68.1 Å². The predicted molar refractivity (Wildman–Crippen MR) is 101 cm³/mol. The Labute approximate surface area is 149 Å². The van der Waals surface area contributed by atoms with Gasteiger partial charge in [-0.25, -0.2) is 8.42 Å². The van der Waals surface area contributed by atoms with Crippen molar-refractivity contribution < 1.29 is 13.2 Å². The zero-order chi connectivity index (χ0) is 17.9. The fourth-order valence-corrected chi connectivity index (χ4v) is 4.15. The first-order valence-electron chi connectivity index (χ1n) is 8.52. The zero-order valence-electron chi connectivity index (χ0n) is 14.7. The number of rotatable bonds is 5. The van der Waals surface area contributed by atoms with Crippen molar-refractivity contribution in [2.24, 2.45) is 0 Å². The standard InChI is InChI=1S/C19H24N2O3S/c1-15-6-7-16(21-12-4-3-5-13-21)14-19(15)20-25(22,23)18-10-8-17(24-2)9-11-18/h6-11,14,20H,3-5,12-13H2,1-2H3. The molecule has 25 heavy (non-hydrogen) atoms. The summed E-state index contributed by atoms with van der Waals surface area (Å²) >= 11 is 0. The van der Waals surface area contributed by atoms with Gasteiger partial charge in [0.1, 0.15) is 5.75 Å². The number of nitrogens with one attached hydrogen (secondary N) is 1. The van der Waals surface area contributed by atoms with E-state index in [4.69, 9.17) is 4.74 Å². The first kappa shape index (κ1) is 17.6. The van der Waals surface area contributed by atoms with Crippen LogP contribution in [0.5, 0.6) is 5.75 Å². The van der Waals surface area contributed by atoms with Crippen LogP contribution >= 0.6 is 0 Å². The topological polar surface area (TPSA) is 58.6 Å². The summed E-state index contributed by atoms with van der Waals surface area (Å²) in [4.78, 5) is 2.53. The van der Waals surface area contributed by atoms with Gasteiger partial charge in [0, 0.05) is 18.8 Å². The first-order chi connectivity index (χ1) is 12.0. The van der Waals surface area contributed by atoms with Gasteiger partial charge in [0.15, 0.2) is 0 Å². The van der Waals surface area contributed by atoms with Crippen molar-refractivity contribution >= 4 is 21.4 Å². The lowest BCUT2D eigenvalue weighted by molar-refractivity contribution is 0.414.